The predicted molar refractivity (Wildman–Crippen MR) is 445 cm³/mol. The van der Waals surface area contributed by atoms with E-state index in [-0.39, 0.29) is 25.7 Å². The summed E-state index contributed by atoms with van der Waals surface area (Å²) in [6, 6.07) is 0. The van der Waals surface area contributed by atoms with Gasteiger partial charge in [0.15, 0.2) is 12.2 Å². The van der Waals surface area contributed by atoms with E-state index in [1.165, 1.54) is 83.5 Å². The summed E-state index contributed by atoms with van der Waals surface area (Å²) < 4.78 is 68.5. The molecule has 0 aromatic carbocycles. The summed E-state index contributed by atoms with van der Waals surface area (Å²) in [5.41, 5.74) is 0. The largest absolute Gasteiger partial charge is 0.472 e. The van der Waals surface area contributed by atoms with Gasteiger partial charge in [-0.2, -0.15) is 0 Å². The molecule has 0 aromatic rings. The normalized spacial score (nSPS) is 14.7. The first-order valence-corrected chi connectivity index (χ1v) is 44.4. The van der Waals surface area contributed by atoms with Crippen LogP contribution in [0.1, 0.15) is 310 Å². The standard InChI is InChI=1S/C89H146O17P2/c1-5-9-13-17-21-25-29-33-37-40-41-44-48-52-56-60-64-68-72-76-89(94)106-84(79-99-86(91)73-69-65-61-57-53-49-45-36-32-28-24-20-16-12-8-4)81-103-107(95,96)101-77-83(90)78-102-108(97,98)104-82-85(105-88(93)75-71-67-63-59-55-51-47-43-39-35-31-27-23-19-15-11-7-3)80-100-87(92)74-70-66-62-58-54-50-46-42-38-34-30-26-22-18-14-10-6-2/h21-23,25-28,32-35,37-39,41,44,46-47,50-52,56,58-59,62-64,68,83-85,90H,5-20,24,29-31,36,40,42-43,45,48-49,53-55,57,60-61,65-67,69-82H2,1-4H3,(H,95,96)(H,97,98)/b25-21-,26-22-,27-23-,32-28-,37-33-,38-34-,39-35-,44-41-,50-46-,51-47-,56-52-,62-58-,63-59-,68-64-/t83-,84+,85+/m0/s1. The van der Waals surface area contributed by atoms with Crippen molar-refractivity contribution in [3.63, 3.8) is 0 Å². The third kappa shape index (κ3) is 78.5. The molecule has 0 fully saturated rings. The highest BCUT2D eigenvalue weighted by Gasteiger charge is 2.30. The zero-order valence-corrected chi connectivity index (χ0v) is 69.0. The Morgan fingerprint density at radius 3 is 0.815 bits per heavy atom. The molecule has 0 aromatic heterocycles. The number of carbonyl (C=O) groups excluding carboxylic acids is 4. The average molecular weight is 1550 g/mol. The molecule has 5 atom stereocenters. The second-order valence-corrected chi connectivity index (χ2v) is 29.9. The highest BCUT2D eigenvalue weighted by molar-refractivity contribution is 7.47. The molecule has 0 spiro atoms. The fraction of sp³-hybridized carbons (Fsp3) is 0.640. The van der Waals surface area contributed by atoms with Crippen molar-refractivity contribution in [2.24, 2.45) is 0 Å². The van der Waals surface area contributed by atoms with Crippen molar-refractivity contribution < 1.29 is 80.2 Å². The van der Waals surface area contributed by atoms with Gasteiger partial charge in [0.1, 0.15) is 19.3 Å². The number of aliphatic hydroxyl groups excluding tert-OH is 1. The van der Waals surface area contributed by atoms with Crippen LogP contribution in [-0.4, -0.2) is 96.7 Å². The van der Waals surface area contributed by atoms with Gasteiger partial charge in [-0.1, -0.05) is 288 Å². The molecule has 0 radical (unpaired) electrons. The van der Waals surface area contributed by atoms with Crippen molar-refractivity contribution in [3.05, 3.63) is 170 Å². The monoisotopic (exact) mass is 1550 g/mol. The first-order chi connectivity index (χ1) is 52.7. The molecule has 3 N–H and O–H groups in total. The van der Waals surface area contributed by atoms with Crippen LogP contribution in [0, 0.1) is 0 Å². The minimum Gasteiger partial charge on any atom is -0.462 e. The van der Waals surface area contributed by atoms with Gasteiger partial charge in [-0.15, -0.1) is 0 Å². The minimum absolute atomic E-state index is 0.000351. The fourth-order valence-corrected chi connectivity index (χ4v) is 11.9. The van der Waals surface area contributed by atoms with Gasteiger partial charge in [-0.05, 0) is 167 Å². The van der Waals surface area contributed by atoms with Crippen LogP contribution < -0.4 is 0 Å². The maximum absolute atomic E-state index is 13.1. The molecule has 0 aliphatic rings. The van der Waals surface area contributed by atoms with E-state index in [0.29, 0.717) is 44.9 Å². The molecule has 0 bridgehead atoms. The number of ether oxygens (including phenoxy) is 4. The molecule has 108 heavy (non-hydrogen) atoms. The first-order valence-electron chi connectivity index (χ1n) is 41.4. The average Bonchev–Trinajstić information content (AvgIpc) is 0.907. The summed E-state index contributed by atoms with van der Waals surface area (Å²) in [6.07, 6.45) is 95.0. The Kier molecular flexibility index (Phi) is 75.4. The van der Waals surface area contributed by atoms with E-state index in [2.05, 4.69) is 155 Å². The second-order valence-electron chi connectivity index (χ2n) is 27.0. The van der Waals surface area contributed by atoms with Gasteiger partial charge in [-0.3, -0.25) is 37.3 Å². The molecule has 17 nitrogen and oxygen atoms in total. The van der Waals surface area contributed by atoms with E-state index >= 15 is 0 Å². The van der Waals surface area contributed by atoms with Crippen molar-refractivity contribution in [1.29, 1.82) is 0 Å². The number of hydrogen-bond acceptors (Lipinski definition) is 15. The van der Waals surface area contributed by atoms with E-state index in [4.69, 9.17) is 37.0 Å². The van der Waals surface area contributed by atoms with Gasteiger partial charge in [-0.25, -0.2) is 9.13 Å². The first kappa shape index (κ1) is 102. The Morgan fingerprint density at radius 2 is 0.481 bits per heavy atom. The lowest BCUT2D eigenvalue weighted by atomic mass is 10.1. The van der Waals surface area contributed by atoms with E-state index in [1.807, 2.05) is 42.5 Å². The molecular weight excluding hydrogens is 1400 g/mol. The Bertz CT molecular complexity index is 2710. The molecule has 0 rings (SSSR count). The second kappa shape index (κ2) is 79.5. The molecule has 0 aliphatic heterocycles. The van der Waals surface area contributed by atoms with Gasteiger partial charge in [0.05, 0.1) is 26.4 Å². The summed E-state index contributed by atoms with van der Waals surface area (Å²) >= 11 is 0. The summed E-state index contributed by atoms with van der Waals surface area (Å²) in [5.74, 6) is -2.42. The summed E-state index contributed by atoms with van der Waals surface area (Å²) in [7, 11) is -10.0. The number of hydrogen-bond donors (Lipinski definition) is 3. The van der Waals surface area contributed by atoms with Crippen LogP contribution in [0.15, 0.2) is 170 Å². The van der Waals surface area contributed by atoms with Crippen LogP contribution in [0.5, 0.6) is 0 Å². The molecule has 0 amide bonds. The number of rotatable bonds is 76. The quantitative estimate of drug-likeness (QED) is 0.0169. The van der Waals surface area contributed by atoms with E-state index in [0.717, 1.165) is 128 Å². The van der Waals surface area contributed by atoms with E-state index in [9.17, 15) is 43.2 Å². The van der Waals surface area contributed by atoms with Gasteiger partial charge in [0.25, 0.3) is 0 Å². The topological polar surface area (TPSA) is 237 Å². The van der Waals surface area contributed by atoms with Crippen molar-refractivity contribution in [2.75, 3.05) is 39.6 Å². The summed E-state index contributed by atoms with van der Waals surface area (Å²) in [4.78, 5) is 73.1. The van der Waals surface area contributed by atoms with Crippen LogP contribution in [-0.2, 0) is 65.4 Å². The highest BCUT2D eigenvalue weighted by Crippen LogP contribution is 2.45. The molecule has 2 unspecified atom stereocenters. The lowest BCUT2D eigenvalue weighted by Gasteiger charge is -2.21. The highest BCUT2D eigenvalue weighted by atomic mass is 31.2. The number of phosphoric acid groups is 2. The summed E-state index contributed by atoms with van der Waals surface area (Å²) in [6.45, 7) is 4.56. The number of carbonyl (C=O) groups is 4. The van der Waals surface area contributed by atoms with Crippen molar-refractivity contribution >= 4 is 39.5 Å². The van der Waals surface area contributed by atoms with Gasteiger partial charge in [0, 0.05) is 25.7 Å². The molecule has 0 aliphatic carbocycles. The van der Waals surface area contributed by atoms with Gasteiger partial charge in [0.2, 0.25) is 0 Å². The molecule has 0 saturated carbocycles. The predicted octanol–water partition coefficient (Wildman–Crippen LogP) is 24.6. The number of phosphoric ester groups is 2. The van der Waals surface area contributed by atoms with Crippen LogP contribution in [0.25, 0.3) is 0 Å². The number of esters is 4. The molecule has 0 heterocycles. The molecule has 19 heteroatoms. The minimum atomic E-state index is -5.02. The van der Waals surface area contributed by atoms with E-state index < -0.39 is 97.5 Å². The Balaban J connectivity index is 5.56. The molecule has 614 valence electrons. The number of aliphatic hydroxyl groups is 1. The maximum atomic E-state index is 13.1. The van der Waals surface area contributed by atoms with Gasteiger partial charge >= 0.3 is 39.5 Å². The van der Waals surface area contributed by atoms with Crippen LogP contribution >= 0.6 is 15.6 Å². The Morgan fingerprint density at radius 1 is 0.259 bits per heavy atom. The SMILES string of the molecule is CCCCC/C=C\C/C=C\C/C=C\C/C=C\C/C=C\CCC(=O)O[C@H](COC(=O)CCCCCCCCC/C=C\CCCCCC)COP(=O)(O)OC[C@H](O)COP(=O)(O)OC[C@@H](COC(=O)CCC/C=C\C/C=C\C/C=C\C/C=C\CCCCC)OC(=O)CCC/C=C\C/C=C\C/C=C\C/C=C\CCCCC. The maximum Gasteiger partial charge on any atom is 0.472 e. The Hall–Kier alpha value is -5.58. The lowest BCUT2D eigenvalue weighted by Crippen LogP contribution is -2.30. The smallest absolute Gasteiger partial charge is 0.462 e. The molecular formula is C89H146O17P2. The Labute approximate surface area is 654 Å². The number of allylic oxidation sites excluding steroid dienone is 28. The van der Waals surface area contributed by atoms with E-state index in [1.54, 1.807) is 0 Å². The third-order valence-electron chi connectivity index (χ3n) is 16.6. The zero-order chi connectivity index (χ0) is 78.9. The van der Waals surface area contributed by atoms with Gasteiger partial charge < -0.3 is 33.8 Å². The zero-order valence-electron chi connectivity index (χ0n) is 67.2. The fourth-order valence-electron chi connectivity index (χ4n) is 10.3. The van der Waals surface area contributed by atoms with Crippen LogP contribution in [0.3, 0.4) is 0 Å². The lowest BCUT2D eigenvalue weighted by molar-refractivity contribution is -0.161. The van der Waals surface area contributed by atoms with Crippen molar-refractivity contribution in [1.82, 2.24) is 0 Å². The third-order valence-corrected chi connectivity index (χ3v) is 18.5. The van der Waals surface area contributed by atoms with Crippen LogP contribution in [0.4, 0.5) is 0 Å². The number of unbranched alkanes of at least 4 members (excludes halogenated alkanes) is 22. The molecule has 0 saturated heterocycles. The van der Waals surface area contributed by atoms with Crippen LogP contribution in [0.2, 0.25) is 0 Å². The van der Waals surface area contributed by atoms with Crippen molar-refractivity contribution in [3.8, 4) is 0 Å². The van der Waals surface area contributed by atoms with Crippen molar-refractivity contribution in [2.45, 2.75) is 329 Å². The summed E-state index contributed by atoms with van der Waals surface area (Å²) in [5, 5.41) is 10.7.